The summed E-state index contributed by atoms with van der Waals surface area (Å²) in [4.78, 5) is 3.82. The van der Waals surface area contributed by atoms with Gasteiger partial charge in [0.25, 0.3) is 6.43 Å². The van der Waals surface area contributed by atoms with Crippen LogP contribution >= 0.6 is 0 Å². The maximum atomic E-state index is 12.0. The van der Waals surface area contributed by atoms with Gasteiger partial charge in [-0.2, -0.15) is 0 Å². The second-order valence-electron chi connectivity index (χ2n) is 4.07. The number of guanidine groups is 1. The van der Waals surface area contributed by atoms with E-state index in [4.69, 9.17) is 4.52 Å². The van der Waals surface area contributed by atoms with Crippen LogP contribution in [0.2, 0.25) is 0 Å². The lowest BCUT2D eigenvalue weighted by molar-refractivity contribution is 0.152. The van der Waals surface area contributed by atoms with Gasteiger partial charge < -0.3 is 15.2 Å². The smallest absolute Gasteiger partial charge is 0.255 e. The molecule has 0 spiro atoms. The Morgan fingerprint density at radius 3 is 2.67 bits per heavy atom. The SMILES string of the molecule is CN=C(NCc1cc(C(C)C)no1)NCC(F)F. The molecule has 0 unspecified atom stereocenters. The van der Waals surface area contributed by atoms with E-state index in [1.54, 1.807) is 0 Å². The number of aliphatic imine (C=N–C) groups is 1. The van der Waals surface area contributed by atoms with E-state index in [1.807, 2.05) is 19.9 Å². The molecule has 0 atom stereocenters. The molecule has 102 valence electrons. The number of hydrogen-bond donors (Lipinski definition) is 2. The Morgan fingerprint density at radius 1 is 1.44 bits per heavy atom. The first kappa shape index (κ1) is 14.4. The third kappa shape index (κ3) is 4.68. The monoisotopic (exact) mass is 260 g/mol. The summed E-state index contributed by atoms with van der Waals surface area (Å²) >= 11 is 0. The normalized spacial score (nSPS) is 12.3. The van der Waals surface area contributed by atoms with E-state index in [-0.39, 0.29) is 0 Å². The van der Waals surface area contributed by atoms with Crippen LogP contribution in [-0.2, 0) is 6.54 Å². The molecular weight excluding hydrogens is 242 g/mol. The molecule has 7 heteroatoms. The Morgan fingerprint density at radius 2 is 2.17 bits per heavy atom. The van der Waals surface area contributed by atoms with E-state index >= 15 is 0 Å². The van der Waals surface area contributed by atoms with Crippen LogP contribution in [0, 0.1) is 0 Å². The highest BCUT2D eigenvalue weighted by Crippen LogP contribution is 2.13. The Labute approximate surface area is 105 Å². The highest BCUT2D eigenvalue weighted by molar-refractivity contribution is 5.79. The van der Waals surface area contributed by atoms with Crippen molar-refractivity contribution in [3.8, 4) is 0 Å². The first-order chi connectivity index (χ1) is 8.52. The minimum Gasteiger partial charge on any atom is -0.359 e. The van der Waals surface area contributed by atoms with Crippen LogP contribution in [0.25, 0.3) is 0 Å². The van der Waals surface area contributed by atoms with E-state index in [1.165, 1.54) is 7.05 Å². The number of aromatic nitrogens is 1. The van der Waals surface area contributed by atoms with Crippen LogP contribution < -0.4 is 10.6 Å². The average molecular weight is 260 g/mol. The molecule has 18 heavy (non-hydrogen) atoms. The highest BCUT2D eigenvalue weighted by atomic mass is 19.3. The van der Waals surface area contributed by atoms with Crippen molar-refractivity contribution >= 4 is 5.96 Å². The first-order valence-corrected chi connectivity index (χ1v) is 5.71. The number of halogens is 2. The van der Waals surface area contributed by atoms with E-state index in [2.05, 4.69) is 20.8 Å². The summed E-state index contributed by atoms with van der Waals surface area (Å²) in [7, 11) is 1.51. The van der Waals surface area contributed by atoms with Crippen LogP contribution in [0.1, 0.15) is 31.2 Å². The lowest BCUT2D eigenvalue weighted by Gasteiger charge is -2.09. The summed E-state index contributed by atoms with van der Waals surface area (Å²) in [5, 5.41) is 9.26. The van der Waals surface area contributed by atoms with Gasteiger partial charge in [-0.05, 0) is 5.92 Å². The fourth-order valence-electron chi connectivity index (χ4n) is 1.25. The number of alkyl halides is 2. The molecule has 0 aliphatic carbocycles. The van der Waals surface area contributed by atoms with Crippen molar-refractivity contribution in [2.45, 2.75) is 32.7 Å². The van der Waals surface area contributed by atoms with Gasteiger partial charge >= 0.3 is 0 Å². The Hall–Kier alpha value is -1.66. The van der Waals surface area contributed by atoms with Crippen molar-refractivity contribution in [3.05, 3.63) is 17.5 Å². The van der Waals surface area contributed by atoms with Crippen molar-refractivity contribution < 1.29 is 13.3 Å². The van der Waals surface area contributed by atoms with Crippen molar-refractivity contribution in [2.75, 3.05) is 13.6 Å². The molecule has 5 nitrogen and oxygen atoms in total. The van der Waals surface area contributed by atoms with Crippen LogP contribution in [0.5, 0.6) is 0 Å². The average Bonchev–Trinajstić information content (AvgIpc) is 2.78. The summed E-state index contributed by atoms with van der Waals surface area (Å²) in [6, 6.07) is 1.83. The van der Waals surface area contributed by atoms with E-state index < -0.39 is 13.0 Å². The lowest BCUT2D eigenvalue weighted by Crippen LogP contribution is -2.39. The van der Waals surface area contributed by atoms with Crippen molar-refractivity contribution in [2.24, 2.45) is 4.99 Å². The molecule has 0 saturated heterocycles. The summed E-state index contributed by atoms with van der Waals surface area (Å²) in [5.74, 6) is 1.23. The molecule has 1 aromatic rings. The summed E-state index contributed by atoms with van der Waals surface area (Å²) in [6.45, 7) is 3.94. The number of nitrogens with one attached hydrogen (secondary N) is 2. The van der Waals surface area contributed by atoms with Crippen LogP contribution in [-0.4, -0.2) is 31.1 Å². The lowest BCUT2D eigenvalue weighted by atomic mass is 10.1. The van der Waals surface area contributed by atoms with Crippen molar-refractivity contribution in [1.29, 1.82) is 0 Å². The van der Waals surface area contributed by atoms with Crippen molar-refractivity contribution in [1.82, 2.24) is 15.8 Å². The van der Waals surface area contributed by atoms with E-state index in [0.29, 0.717) is 24.2 Å². The predicted octanol–water partition coefficient (Wildman–Crippen LogP) is 1.73. The minimum absolute atomic E-state index is 0.291. The fraction of sp³-hybridized carbons (Fsp3) is 0.636. The van der Waals surface area contributed by atoms with Gasteiger partial charge in [0.15, 0.2) is 11.7 Å². The van der Waals surface area contributed by atoms with Gasteiger partial charge in [0.1, 0.15) is 0 Å². The molecule has 1 rings (SSSR count). The molecule has 0 radical (unpaired) electrons. The van der Waals surface area contributed by atoms with Gasteiger partial charge in [0.2, 0.25) is 0 Å². The quantitative estimate of drug-likeness (QED) is 0.625. The van der Waals surface area contributed by atoms with Gasteiger partial charge in [-0.1, -0.05) is 19.0 Å². The third-order valence-corrected chi connectivity index (χ3v) is 2.25. The zero-order chi connectivity index (χ0) is 13.5. The van der Waals surface area contributed by atoms with Gasteiger partial charge in [0, 0.05) is 13.1 Å². The zero-order valence-electron chi connectivity index (χ0n) is 10.7. The Bertz CT molecular complexity index is 390. The fourth-order valence-corrected chi connectivity index (χ4v) is 1.25. The number of nitrogens with zero attached hydrogens (tertiary/aromatic N) is 2. The van der Waals surface area contributed by atoms with E-state index in [0.717, 1.165) is 5.69 Å². The molecule has 0 saturated carbocycles. The summed E-state index contributed by atoms with van der Waals surface area (Å²) < 4.78 is 29.1. The second-order valence-corrected chi connectivity index (χ2v) is 4.07. The standard InChI is InChI=1S/C11H18F2N4O/c1-7(2)9-4-8(18-17-9)5-15-11(14-3)16-6-10(12)13/h4,7,10H,5-6H2,1-3H3,(H2,14,15,16). The Balaban J connectivity index is 2.42. The van der Waals surface area contributed by atoms with Gasteiger partial charge in [0.05, 0.1) is 18.8 Å². The first-order valence-electron chi connectivity index (χ1n) is 5.71. The maximum Gasteiger partial charge on any atom is 0.255 e. The third-order valence-electron chi connectivity index (χ3n) is 2.25. The Kier molecular flexibility index (Phi) is 5.54. The topological polar surface area (TPSA) is 62.5 Å². The molecule has 0 aliphatic rings. The minimum atomic E-state index is -2.42. The van der Waals surface area contributed by atoms with Gasteiger partial charge in [-0.3, -0.25) is 4.99 Å². The van der Waals surface area contributed by atoms with Gasteiger partial charge in [-0.25, -0.2) is 8.78 Å². The molecule has 0 fully saturated rings. The van der Waals surface area contributed by atoms with Crippen molar-refractivity contribution in [3.63, 3.8) is 0 Å². The molecule has 0 amide bonds. The number of rotatable bonds is 5. The molecule has 0 aliphatic heterocycles. The molecule has 0 aromatic carbocycles. The maximum absolute atomic E-state index is 12.0. The molecular formula is C11H18F2N4O. The summed E-state index contributed by atoms with van der Waals surface area (Å²) in [6.07, 6.45) is -2.42. The largest absolute Gasteiger partial charge is 0.359 e. The second kappa shape index (κ2) is 6.93. The molecule has 2 N–H and O–H groups in total. The van der Waals surface area contributed by atoms with Crippen LogP contribution in [0.4, 0.5) is 8.78 Å². The van der Waals surface area contributed by atoms with Crippen LogP contribution in [0.15, 0.2) is 15.6 Å². The zero-order valence-corrected chi connectivity index (χ0v) is 10.7. The van der Waals surface area contributed by atoms with Crippen LogP contribution in [0.3, 0.4) is 0 Å². The molecule has 1 aromatic heterocycles. The molecule has 0 bridgehead atoms. The highest BCUT2D eigenvalue weighted by Gasteiger charge is 2.09. The van der Waals surface area contributed by atoms with E-state index in [9.17, 15) is 8.78 Å². The van der Waals surface area contributed by atoms with Gasteiger partial charge in [-0.15, -0.1) is 0 Å². The predicted molar refractivity (Wildman–Crippen MR) is 64.8 cm³/mol. The number of hydrogen-bond acceptors (Lipinski definition) is 3. The summed E-state index contributed by atoms with van der Waals surface area (Å²) in [5.41, 5.74) is 0.863. The molecule has 1 heterocycles.